The number of para-hydroxylation sites is 2. The summed E-state index contributed by atoms with van der Waals surface area (Å²) in [6, 6.07) is 15.8. The molecule has 6 nitrogen and oxygen atoms in total. The van der Waals surface area contributed by atoms with Gasteiger partial charge in [0.05, 0.1) is 24.8 Å². The van der Waals surface area contributed by atoms with Crippen molar-refractivity contribution in [3.05, 3.63) is 54.4 Å². The van der Waals surface area contributed by atoms with E-state index >= 15 is 0 Å². The Kier molecular flexibility index (Phi) is 5.69. The van der Waals surface area contributed by atoms with E-state index in [-0.39, 0.29) is 11.8 Å². The Balaban J connectivity index is 1.46. The Morgan fingerprint density at radius 2 is 1.86 bits per heavy atom. The van der Waals surface area contributed by atoms with E-state index in [1.807, 2.05) is 54.3 Å². The lowest BCUT2D eigenvalue weighted by Crippen LogP contribution is -2.24. The maximum Gasteiger partial charge on any atom is 0.223 e. The van der Waals surface area contributed by atoms with Crippen molar-refractivity contribution in [2.24, 2.45) is 0 Å². The van der Waals surface area contributed by atoms with Crippen LogP contribution in [0.5, 0.6) is 11.5 Å². The van der Waals surface area contributed by atoms with Crippen molar-refractivity contribution in [1.29, 1.82) is 0 Å². The van der Waals surface area contributed by atoms with Crippen molar-refractivity contribution in [2.75, 3.05) is 26.8 Å². The molecule has 2 heterocycles. The number of aromatic nitrogens is 2. The van der Waals surface area contributed by atoms with Crippen molar-refractivity contribution in [1.82, 2.24) is 14.5 Å². The Hall–Kier alpha value is -3.02. The number of rotatable bonds is 8. The van der Waals surface area contributed by atoms with Gasteiger partial charge in [-0.05, 0) is 49.7 Å². The van der Waals surface area contributed by atoms with Gasteiger partial charge in [-0.15, -0.1) is 0 Å². The van der Waals surface area contributed by atoms with Gasteiger partial charge in [-0.3, -0.25) is 4.79 Å². The fourth-order valence-electron chi connectivity index (χ4n) is 3.98. The minimum Gasteiger partial charge on any atom is -0.497 e. The molecule has 1 fully saturated rings. The molecule has 152 valence electrons. The lowest BCUT2D eigenvalue weighted by atomic mass is 10.1. The smallest absolute Gasteiger partial charge is 0.223 e. The summed E-state index contributed by atoms with van der Waals surface area (Å²) in [6.07, 6.45) is 1.40. The molecule has 0 aliphatic carbocycles. The number of benzene rings is 2. The quantitative estimate of drug-likeness (QED) is 0.546. The fraction of sp³-hybridized carbons (Fsp3) is 0.391. The molecule has 1 unspecified atom stereocenters. The van der Waals surface area contributed by atoms with Crippen LogP contribution in [-0.4, -0.2) is 47.2 Å². The summed E-state index contributed by atoms with van der Waals surface area (Å²) in [5, 5.41) is 0. The van der Waals surface area contributed by atoms with E-state index in [9.17, 15) is 4.79 Å². The molecule has 1 aliphatic heterocycles. The molecule has 1 aromatic heterocycles. The summed E-state index contributed by atoms with van der Waals surface area (Å²) >= 11 is 0. The van der Waals surface area contributed by atoms with Crippen LogP contribution in [0.15, 0.2) is 48.5 Å². The fourth-order valence-corrected chi connectivity index (χ4v) is 3.98. The maximum absolute atomic E-state index is 12.2. The molecule has 1 aliphatic rings. The number of ether oxygens (including phenoxy) is 2. The number of methoxy groups -OCH3 is 1. The van der Waals surface area contributed by atoms with Gasteiger partial charge in [-0.1, -0.05) is 12.1 Å². The minimum absolute atomic E-state index is 0.150. The third-order valence-corrected chi connectivity index (χ3v) is 5.50. The molecule has 2 aromatic carbocycles. The molecule has 1 atom stereocenters. The zero-order chi connectivity index (χ0) is 20.2. The predicted molar refractivity (Wildman–Crippen MR) is 112 cm³/mol. The van der Waals surface area contributed by atoms with Gasteiger partial charge in [0.2, 0.25) is 5.91 Å². The Morgan fingerprint density at radius 3 is 2.59 bits per heavy atom. The van der Waals surface area contributed by atoms with Gasteiger partial charge in [0.25, 0.3) is 0 Å². The van der Waals surface area contributed by atoms with Crippen molar-refractivity contribution in [2.45, 2.75) is 32.2 Å². The summed E-state index contributed by atoms with van der Waals surface area (Å²) < 4.78 is 13.3. The molecule has 0 saturated carbocycles. The van der Waals surface area contributed by atoms with E-state index < -0.39 is 0 Å². The van der Waals surface area contributed by atoms with Crippen LogP contribution in [0, 0.1) is 0 Å². The molecule has 29 heavy (non-hydrogen) atoms. The molecule has 0 N–H and O–H groups in total. The van der Waals surface area contributed by atoms with Crippen molar-refractivity contribution in [3.63, 3.8) is 0 Å². The van der Waals surface area contributed by atoms with Crippen molar-refractivity contribution < 1.29 is 14.3 Å². The largest absolute Gasteiger partial charge is 0.497 e. The van der Waals surface area contributed by atoms with Gasteiger partial charge in [-0.2, -0.15) is 0 Å². The molecule has 3 aromatic rings. The van der Waals surface area contributed by atoms with Gasteiger partial charge < -0.3 is 18.9 Å². The Bertz CT molecular complexity index is 981. The van der Waals surface area contributed by atoms with Gasteiger partial charge in [0.1, 0.15) is 17.3 Å². The summed E-state index contributed by atoms with van der Waals surface area (Å²) in [7, 11) is 1.65. The SMILES string of the molecule is CCN1CC(c2nc3ccccc3n2CCCOc2ccc(OC)cc2)CC1=O. The predicted octanol–water partition coefficient (Wildman–Crippen LogP) is 3.85. The number of carbonyl (C=O) groups excluding carboxylic acids is 1. The number of amides is 1. The number of fused-ring (bicyclic) bond motifs is 1. The van der Waals surface area contributed by atoms with Crippen LogP contribution < -0.4 is 9.47 Å². The molecular weight excluding hydrogens is 366 g/mol. The highest BCUT2D eigenvalue weighted by molar-refractivity contribution is 5.80. The third-order valence-electron chi connectivity index (χ3n) is 5.50. The first kappa shape index (κ1) is 19.3. The number of carbonyl (C=O) groups is 1. The average Bonchev–Trinajstić information content (AvgIpc) is 3.31. The van der Waals surface area contributed by atoms with Crippen LogP contribution >= 0.6 is 0 Å². The second-order valence-electron chi connectivity index (χ2n) is 7.32. The van der Waals surface area contributed by atoms with Crippen molar-refractivity contribution in [3.8, 4) is 11.5 Å². The van der Waals surface area contributed by atoms with Gasteiger partial charge in [0, 0.05) is 32.0 Å². The molecule has 1 amide bonds. The second-order valence-corrected chi connectivity index (χ2v) is 7.32. The molecule has 6 heteroatoms. The molecule has 1 saturated heterocycles. The highest BCUT2D eigenvalue weighted by atomic mass is 16.5. The zero-order valence-corrected chi connectivity index (χ0v) is 17.0. The van der Waals surface area contributed by atoms with E-state index in [4.69, 9.17) is 14.5 Å². The Labute approximate surface area is 171 Å². The van der Waals surface area contributed by atoms with Crippen molar-refractivity contribution >= 4 is 16.9 Å². The first-order chi connectivity index (χ1) is 14.2. The van der Waals surface area contributed by atoms with Gasteiger partial charge in [-0.25, -0.2) is 4.98 Å². The second kappa shape index (κ2) is 8.55. The lowest BCUT2D eigenvalue weighted by Gasteiger charge is -2.15. The summed E-state index contributed by atoms with van der Waals surface area (Å²) in [4.78, 5) is 19.0. The molecule has 4 rings (SSSR count). The highest BCUT2D eigenvalue weighted by Gasteiger charge is 2.32. The molecule has 0 bridgehead atoms. The van der Waals surface area contributed by atoms with E-state index in [0.717, 1.165) is 54.4 Å². The monoisotopic (exact) mass is 393 g/mol. The van der Waals surface area contributed by atoms with E-state index in [1.54, 1.807) is 7.11 Å². The number of hydrogen-bond acceptors (Lipinski definition) is 4. The maximum atomic E-state index is 12.2. The Morgan fingerprint density at radius 1 is 1.10 bits per heavy atom. The normalized spacial score (nSPS) is 16.6. The third kappa shape index (κ3) is 4.06. The van der Waals surface area contributed by atoms with Crippen LogP contribution in [0.25, 0.3) is 11.0 Å². The molecule has 0 radical (unpaired) electrons. The zero-order valence-electron chi connectivity index (χ0n) is 17.0. The number of imidazole rings is 1. The van der Waals surface area contributed by atoms with Crippen LogP contribution in [0.4, 0.5) is 0 Å². The first-order valence-electron chi connectivity index (χ1n) is 10.2. The number of likely N-dealkylation sites (tertiary alicyclic amines) is 1. The summed E-state index contributed by atoms with van der Waals surface area (Å²) in [5.74, 6) is 3.04. The number of aryl methyl sites for hydroxylation is 1. The van der Waals surface area contributed by atoms with Crippen LogP contribution in [0.2, 0.25) is 0 Å². The van der Waals surface area contributed by atoms with Crippen LogP contribution in [0.3, 0.4) is 0 Å². The number of nitrogens with zero attached hydrogens (tertiary/aromatic N) is 3. The summed E-state index contributed by atoms with van der Waals surface area (Å²) in [5.41, 5.74) is 2.11. The highest BCUT2D eigenvalue weighted by Crippen LogP contribution is 2.30. The molecule has 0 spiro atoms. The topological polar surface area (TPSA) is 56.6 Å². The van der Waals surface area contributed by atoms with E-state index in [2.05, 4.69) is 10.6 Å². The number of hydrogen-bond donors (Lipinski definition) is 0. The lowest BCUT2D eigenvalue weighted by molar-refractivity contribution is -0.127. The number of likely N-dealkylation sites (N-methyl/N-ethyl adjacent to an activating group) is 1. The standard InChI is InChI=1S/C23H27N3O3/c1-3-25-16-17(15-22(25)27)23-24-20-7-4-5-8-21(20)26(23)13-6-14-29-19-11-9-18(28-2)10-12-19/h4-5,7-12,17H,3,6,13-16H2,1-2H3. The van der Waals surface area contributed by atoms with Crippen LogP contribution in [-0.2, 0) is 11.3 Å². The van der Waals surface area contributed by atoms with Crippen LogP contribution in [0.1, 0.15) is 31.5 Å². The van der Waals surface area contributed by atoms with E-state index in [1.165, 1.54) is 0 Å². The van der Waals surface area contributed by atoms with Gasteiger partial charge in [0.15, 0.2) is 0 Å². The first-order valence-corrected chi connectivity index (χ1v) is 10.2. The summed E-state index contributed by atoms with van der Waals surface area (Å²) in [6.45, 7) is 4.96. The minimum atomic E-state index is 0.150. The molecular formula is C23H27N3O3. The van der Waals surface area contributed by atoms with Gasteiger partial charge >= 0.3 is 0 Å². The van der Waals surface area contributed by atoms with E-state index in [0.29, 0.717) is 13.0 Å². The average molecular weight is 393 g/mol.